The van der Waals surface area contributed by atoms with Crippen molar-refractivity contribution in [3.05, 3.63) is 53.1 Å². The molecule has 8 nitrogen and oxygen atoms in total. The summed E-state index contributed by atoms with van der Waals surface area (Å²) >= 11 is 0. The van der Waals surface area contributed by atoms with Gasteiger partial charge in [0.25, 0.3) is 5.91 Å². The van der Waals surface area contributed by atoms with E-state index in [0.717, 1.165) is 18.7 Å². The van der Waals surface area contributed by atoms with Gasteiger partial charge in [-0.3, -0.25) is 14.5 Å². The third-order valence-corrected chi connectivity index (χ3v) is 6.18. The van der Waals surface area contributed by atoms with E-state index in [9.17, 15) is 9.59 Å². The highest BCUT2D eigenvalue weighted by atomic mass is 16.5. The predicted molar refractivity (Wildman–Crippen MR) is 130 cm³/mol. The van der Waals surface area contributed by atoms with Crippen LogP contribution in [0.4, 0.5) is 0 Å². The van der Waals surface area contributed by atoms with E-state index in [4.69, 9.17) is 14.2 Å². The molecule has 2 N–H and O–H groups in total. The number of benzene rings is 2. The highest BCUT2D eigenvalue weighted by Gasteiger charge is 2.19. The Bertz CT molecular complexity index is 952. The van der Waals surface area contributed by atoms with E-state index in [1.807, 2.05) is 12.1 Å². The molecule has 184 valence electrons. The maximum atomic E-state index is 12.5. The number of hydrogen-bond donors (Lipinski definition) is 2. The smallest absolute Gasteiger partial charge is 0.251 e. The van der Waals surface area contributed by atoms with E-state index in [1.165, 1.54) is 46.2 Å². The van der Waals surface area contributed by atoms with E-state index in [1.54, 1.807) is 12.1 Å². The van der Waals surface area contributed by atoms with E-state index in [2.05, 4.69) is 34.6 Å². The van der Waals surface area contributed by atoms with Crippen molar-refractivity contribution in [2.75, 3.05) is 34.4 Å². The Kier molecular flexibility index (Phi) is 9.16. The van der Waals surface area contributed by atoms with E-state index >= 15 is 0 Å². The minimum absolute atomic E-state index is 0.138. The summed E-state index contributed by atoms with van der Waals surface area (Å²) in [5.74, 6) is 0.456. The molecule has 1 heterocycles. The predicted octanol–water partition coefficient (Wildman–Crippen LogP) is 3.13. The van der Waals surface area contributed by atoms with Gasteiger partial charge < -0.3 is 24.8 Å². The largest absolute Gasteiger partial charge is 0.493 e. The summed E-state index contributed by atoms with van der Waals surface area (Å²) in [5, 5.41) is 5.47. The molecule has 8 heteroatoms. The summed E-state index contributed by atoms with van der Waals surface area (Å²) in [6.07, 6.45) is 3.85. The van der Waals surface area contributed by atoms with Crippen molar-refractivity contribution in [1.29, 1.82) is 0 Å². The molecule has 34 heavy (non-hydrogen) atoms. The lowest BCUT2D eigenvalue weighted by Gasteiger charge is -2.33. The molecular formula is C26H35N3O5. The monoisotopic (exact) mass is 469 g/mol. The molecule has 2 aromatic rings. The minimum Gasteiger partial charge on any atom is -0.493 e. The number of ether oxygens (including phenoxy) is 3. The Morgan fingerprint density at radius 2 is 1.59 bits per heavy atom. The number of hydrogen-bond acceptors (Lipinski definition) is 6. The molecule has 2 aromatic carbocycles. The van der Waals surface area contributed by atoms with Gasteiger partial charge in [-0.15, -0.1) is 0 Å². The zero-order valence-corrected chi connectivity index (χ0v) is 20.5. The van der Waals surface area contributed by atoms with Crippen molar-refractivity contribution < 1.29 is 23.8 Å². The van der Waals surface area contributed by atoms with Crippen LogP contribution in [0.5, 0.6) is 17.2 Å². The van der Waals surface area contributed by atoms with Crippen molar-refractivity contribution in [3.8, 4) is 17.2 Å². The van der Waals surface area contributed by atoms with Gasteiger partial charge in [-0.2, -0.15) is 0 Å². The van der Waals surface area contributed by atoms with Crippen LogP contribution in [-0.4, -0.2) is 57.2 Å². The lowest BCUT2D eigenvalue weighted by atomic mass is 10.0. The number of likely N-dealkylation sites (tertiary alicyclic amines) is 1. The van der Waals surface area contributed by atoms with Gasteiger partial charge in [0.2, 0.25) is 11.7 Å². The molecule has 0 saturated carbocycles. The SMILES string of the molecule is COc1cc(C(=O)NCC(=O)NCc2ccc(CN3CCCCC3C)cc2)cc(OC)c1OC. The molecule has 1 fully saturated rings. The van der Waals surface area contributed by atoms with Gasteiger partial charge in [-0.05, 0) is 49.6 Å². The number of rotatable bonds is 10. The van der Waals surface area contributed by atoms with E-state index < -0.39 is 5.91 Å². The Labute approximate surface area is 201 Å². The van der Waals surface area contributed by atoms with Crippen LogP contribution < -0.4 is 24.8 Å². The second-order valence-corrected chi connectivity index (χ2v) is 8.51. The summed E-state index contributed by atoms with van der Waals surface area (Å²) in [7, 11) is 4.45. The van der Waals surface area contributed by atoms with Gasteiger partial charge in [0.05, 0.1) is 27.9 Å². The number of nitrogens with one attached hydrogen (secondary N) is 2. The van der Waals surface area contributed by atoms with Gasteiger partial charge >= 0.3 is 0 Å². The summed E-state index contributed by atoms with van der Waals surface area (Å²) in [5.41, 5.74) is 2.60. The number of carbonyl (C=O) groups excluding carboxylic acids is 2. The summed E-state index contributed by atoms with van der Waals surface area (Å²) in [6, 6.07) is 12.0. The molecule has 1 aliphatic rings. The minimum atomic E-state index is -0.411. The Morgan fingerprint density at radius 1 is 0.941 bits per heavy atom. The fourth-order valence-electron chi connectivity index (χ4n) is 4.13. The van der Waals surface area contributed by atoms with Crippen molar-refractivity contribution in [2.45, 2.75) is 45.3 Å². The number of carbonyl (C=O) groups is 2. The normalized spacial score (nSPS) is 15.9. The first-order valence-corrected chi connectivity index (χ1v) is 11.6. The molecule has 1 saturated heterocycles. The van der Waals surface area contributed by atoms with Crippen molar-refractivity contribution in [2.24, 2.45) is 0 Å². The van der Waals surface area contributed by atoms with E-state index in [0.29, 0.717) is 35.4 Å². The number of amides is 2. The van der Waals surface area contributed by atoms with Gasteiger partial charge in [0.1, 0.15) is 0 Å². The molecule has 1 unspecified atom stereocenters. The summed E-state index contributed by atoms with van der Waals surface area (Å²) in [4.78, 5) is 27.3. The summed E-state index contributed by atoms with van der Waals surface area (Å²) < 4.78 is 15.8. The van der Waals surface area contributed by atoms with Crippen molar-refractivity contribution >= 4 is 11.8 Å². The first-order valence-electron chi connectivity index (χ1n) is 11.6. The first kappa shape index (κ1) is 25.4. The highest BCUT2D eigenvalue weighted by molar-refractivity contribution is 5.97. The van der Waals surface area contributed by atoms with Gasteiger partial charge in [0, 0.05) is 24.7 Å². The molecular weight excluding hydrogens is 434 g/mol. The van der Waals surface area contributed by atoms with Crippen LogP contribution in [0.2, 0.25) is 0 Å². The number of piperidine rings is 1. The Hall–Kier alpha value is -3.26. The van der Waals surface area contributed by atoms with Crippen LogP contribution in [0, 0.1) is 0 Å². The topological polar surface area (TPSA) is 89.1 Å². The van der Waals surface area contributed by atoms with E-state index in [-0.39, 0.29) is 12.5 Å². The third kappa shape index (κ3) is 6.63. The average molecular weight is 470 g/mol. The lowest BCUT2D eigenvalue weighted by Crippen LogP contribution is -2.37. The summed E-state index contributed by atoms with van der Waals surface area (Å²) in [6.45, 7) is 4.67. The van der Waals surface area contributed by atoms with Crippen LogP contribution >= 0.6 is 0 Å². The molecule has 0 aromatic heterocycles. The molecule has 1 atom stereocenters. The zero-order valence-electron chi connectivity index (χ0n) is 20.5. The van der Waals surface area contributed by atoms with Crippen LogP contribution in [-0.2, 0) is 17.9 Å². The Balaban J connectivity index is 1.47. The second-order valence-electron chi connectivity index (χ2n) is 8.51. The quantitative estimate of drug-likeness (QED) is 0.556. The molecule has 1 aliphatic heterocycles. The van der Waals surface area contributed by atoms with Crippen LogP contribution in [0.1, 0.15) is 47.7 Å². The third-order valence-electron chi connectivity index (χ3n) is 6.18. The molecule has 3 rings (SSSR count). The van der Waals surface area contributed by atoms with Crippen LogP contribution in [0.3, 0.4) is 0 Å². The highest BCUT2D eigenvalue weighted by Crippen LogP contribution is 2.38. The van der Waals surface area contributed by atoms with Gasteiger partial charge in [-0.1, -0.05) is 30.7 Å². The lowest BCUT2D eigenvalue weighted by molar-refractivity contribution is -0.120. The van der Waals surface area contributed by atoms with Crippen molar-refractivity contribution in [3.63, 3.8) is 0 Å². The second kappa shape index (κ2) is 12.3. The molecule has 0 spiro atoms. The van der Waals surface area contributed by atoms with Crippen molar-refractivity contribution in [1.82, 2.24) is 15.5 Å². The molecule has 2 amide bonds. The maximum absolute atomic E-state index is 12.5. The average Bonchev–Trinajstić information content (AvgIpc) is 2.87. The van der Waals surface area contributed by atoms with Gasteiger partial charge in [0.15, 0.2) is 11.5 Å². The zero-order chi connectivity index (χ0) is 24.5. The molecule has 0 radical (unpaired) electrons. The maximum Gasteiger partial charge on any atom is 0.251 e. The first-order chi connectivity index (χ1) is 16.4. The standard InChI is InChI=1S/C26H35N3O5/c1-18-7-5-6-12-29(18)17-20-10-8-19(9-11-20)15-27-24(30)16-28-26(31)21-13-22(32-2)25(34-4)23(14-21)33-3/h8-11,13-14,18H,5-7,12,15-17H2,1-4H3,(H,27,30)(H,28,31). The van der Waals surface area contributed by atoms with Gasteiger partial charge in [-0.25, -0.2) is 0 Å². The van der Waals surface area contributed by atoms with Crippen LogP contribution in [0.25, 0.3) is 0 Å². The number of nitrogens with zero attached hydrogens (tertiary/aromatic N) is 1. The fourth-order valence-corrected chi connectivity index (χ4v) is 4.13. The number of methoxy groups -OCH3 is 3. The Morgan fingerprint density at radius 3 is 2.18 bits per heavy atom. The fraction of sp³-hybridized carbons (Fsp3) is 0.462. The molecule has 0 aliphatic carbocycles. The van der Waals surface area contributed by atoms with Crippen LogP contribution in [0.15, 0.2) is 36.4 Å². The molecule has 0 bridgehead atoms.